The summed E-state index contributed by atoms with van der Waals surface area (Å²) in [4.78, 5) is 45.7. The number of imidazole rings is 1. The van der Waals surface area contributed by atoms with Gasteiger partial charge in [-0.25, -0.2) is 14.4 Å². The van der Waals surface area contributed by atoms with E-state index in [1.807, 2.05) is 30.3 Å². The van der Waals surface area contributed by atoms with Gasteiger partial charge in [0.15, 0.2) is 0 Å². The summed E-state index contributed by atoms with van der Waals surface area (Å²) < 4.78 is 26.7. The van der Waals surface area contributed by atoms with E-state index >= 15 is 0 Å². The number of aliphatic hydroxyl groups is 1. The van der Waals surface area contributed by atoms with Crippen LogP contribution in [-0.4, -0.2) is 124 Å². The van der Waals surface area contributed by atoms with Crippen molar-refractivity contribution in [1.29, 1.82) is 0 Å². The second-order valence-corrected chi connectivity index (χ2v) is 16.3. The summed E-state index contributed by atoms with van der Waals surface area (Å²) in [7, 11) is 0. The van der Waals surface area contributed by atoms with Crippen LogP contribution in [0.3, 0.4) is 0 Å². The highest BCUT2D eigenvalue weighted by atomic mass is 19.1. The lowest BCUT2D eigenvalue weighted by atomic mass is 9.90. The average molecular weight is 819 g/mol. The van der Waals surface area contributed by atoms with Crippen molar-refractivity contribution in [2.24, 2.45) is 0 Å². The molecule has 4 heterocycles. The van der Waals surface area contributed by atoms with Crippen LogP contribution in [0.5, 0.6) is 11.6 Å². The molecule has 0 spiro atoms. The first kappa shape index (κ1) is 41.5. The maximum Gasteiger partial charge on any atom is 0.257 e. The Balaban J connectivity index is 0.942. The molecule has 3 aliphatic rings. The van der Waals surface area contributed by atoms with E-state index in [1.54, 1.807) is 12.4 Å². The van der Waals surface area contributed by atoms with Crippen molar-refractivity contribution >= 4 is 22.8 Å². The summed E-state index contributed by atoms with van der Waals surface area (Å²) in [6, 6.07) is 21.2. The molecule has 316 valence electrons. The number of nitrogens with one attached hydrogen (secondary N) is 3. The minimum atomic E-state index is -0.635. The largest absolute Gasteiger partial charge is 0.438 e. The van der Waals surface area contributed by atoms with Gasteiger partial charge in [0.2, 0.25) is 5.88 Å². The van der Waals surface area contributed by atoms with E-state index in [9.17, 15) is 19.1 Å². The van der Waals surface area contributed by atoms with E-state index in [1.165, 1.54) is 11.1 Å². The van der Waals surface area contributed by atoms with Crippen LogP contribution in [-0.2, 0) is 17.8 Å². The number of halogens is 1. The quantitative estimate of drug-likeness (QED) is 0.116. The predicted octanol–water partition coefficient (Wildman–Crippen LogP) is 5.75. The van der Waals surface area contributed by atoms with Crippen LogP contribution in [0.15, 0.2) is 79.3 Å². The molecule has 2 aromatic heterocycles. The Morgan fingerprint density at radius 2 is 1.65 bits per heavy atom. The number of para-hydroxylation sites is 1. The lowest BCUT2D eigenvalue weighted by Crippen LogP contribution is -2.44. The summed E-state index contributed by atoms with van der Waals surface area (Å²) in [6.45, 7) is 10.9. The number of aliphatic hydroxyl groups excluding tert-OH is 1. The summed E-state index contributed by atoms with van der Waals surface area (Å²) in [5, 5.41) is 15.6. The van der Waals surface area contributed by atoms with E-state index in [-0.39, 0.29) is 42.1 Å². The minimum absolute atomic E-state index is 0.0160. The van der Waals surface area contributed by atoms with Crippen molar-refractivity contribution in [3.63, 3.8) is 0 Å². The highest BCUT2D eigenvalue weighted by Crippen LogP contribution is 2.33. The van der Waals surface area contributed by atoms with Gasteiger partial charge >= 0.3 is 0 Å². The van der Waals surface area contributed by atoms with E-state index in [0.29, 0.717) is 55.7 Å². The summed E-state index contributed by atoms with van der Waals surface area (Å²) >= 11 is 0. The SMILES string of the molecule is C[C@H]1COCCN1Cc1cc(CN2CCCN(CCO)CC2)ccc1-c1cccc(Oc2ncc(F)cc2C(=O)N[C@H]2CC[C@@H](NC(=O)c3cccc4[nH]cnc34)CC2)c1. The van der Waals surface area contributed by atoms with Crippen molar-refractivity contribution in [3.8, 4) is 22.8 Å². The Labute approximate surface area is 350 Å². The molecule has 0 radical (unpaired) electrons. The summed E-state index contributed by atoms with van der Waals surface area (Å²) in [5.41, 5.74) is 6.48. The van der Waals surface area contributed by atoms with Crippen molar-refractivity contribution in [2.75, 3.05) is 59.1 Å². The molecule has 3 fully saturated rings. The average Bonchev–Trinajstić information content (AvgIpc) is 3.64. The number of pyridine rings is 1. The third-order valence-corrected chi connectivity index (χ3v) is 12.1. The zero-order valence-corrected chi connectivity index (χ0v) is 34.2. The van der Waals surface area contributed by atoms with Gasteiger partial charge in [-0.05, 0) is 105 Å². The van der Waals surface area contributed by atoms with E-state index in [4.69, 9.17) is 9.47 Å². The number of morpholine rings is 1. The van der Waals surface area contributed by atoms with E-state index in [2.05, 4.69) is 71.5 Å². The smallest absolute Gasteiger partial charge is 0.257 e. The number of amides is 2. The molecule has 5 aromatic rings. The second kappa shape index (κ2) is 19.4. The normalized spacial score (nSPS) is 20.8. The maximum absolute atomic E-state index is 14.6. The monoisotopic (exact) mass is 818 g/mol. The standard InChI is InChI=1S/C46H55FN8O5/c1-31-29-59-22-20-55(31)28-34-23-32(27-54-16-4-15-53(17-18-54)19-21-56)9-14-39(34)33-5-2-6-38(24-33)60-46-41(25-35(47)26-48-46)45(58)52-37-12-10-36(11-13-37)51-44(57)40-7-3-8-42-43(40)50-30-49-42/h2-3,5-9,14,23-26,30-31,36-37,56H,4,10-13,15-22,27-29H2,1H3,(H,49,50)(H,51,57)(H,52,58)/t31-,36-,37+/m0/s1. The Bertz CT molecular complexity index is 2260. The van der Waals surface area contributed by atoms with Crippen LogP contribution < -0.4 is 15.4 Å². The lowest BCUT2D eigenvalue weighted by molar-refractivity contribution is -0.00431. The molecule has 8 rings (SSSR count). The van der Waals surface area contributed by atoms with Gasteiger partial charge in [0.25, 0.3) is 11.8 Å². The Morgan fingerprint density at radius 1 is 0.883 bits per heavy atom. The number of ether oxygens (including phenoxy) is 2. The highest BCUT2D eigenvalue weighted by Gasteiger charge is 2.27. The van der Waals surface area contributed by atoms with Crippen molar-refractivity contribution < 1.29 is 28.6 Å². The minimum Gasteiger partial charge on any atom is -0.438 e. The topological polar surface area (TPSA) is 148 Å². The van der Waals surface area contributed by atoms with Gasteiger partial charge in [-0.15, -0.1) is 0 Å². The molecule has 14 heteroatoms. The molecule has 1 aliphatic carbocycles. The number of aromatic amines is 1. The molecule has 2 amide bonds. The third kappa shape index (κ3) is 10.2. The summed E-state index contributed by atoms with van der Waals surface area (Å²) in [6.07, 6.45) is 6.37. The van der Waals surface area contributed by atoms with Crippen LogP contribution in [0.2, 0.25) is 0 Å². The second-order valence-electron chi connectivity index (χ2n) is 16.3. The molecule has 60 heavy (non-hydrogen) atoms. The Kier molecular flexibility index (Phi) is 13.4. The van der Waals surface area contributed by atoms with Gasteiger partial charge in [-0.1, -0.05) is 36.4 Å². The molecule has 4 N–H and O–H groups in total. The van der Waals surface area contributed by atoms with E-state index < -0.39 is 11.7 Å². The first-order chi connectivity index (χ1) is 29.3. The van der Waals surface area contributed by atoms with Gasteiger partial charge in [-0.2, -0.15) is 0 Å². The predicted molar refractivity (Wildman–Crippen MR) is 227 cm³/mol. The highest BCUT2D eigenvalue weighted by molar-refractivity contribution is 6.04. The van der Waals surface area contributed by atoms with Crippen LogP contribution in [0.1, 0.15) is 70.9 Å². The number of β-amino-alcohol motifs (C(OH)–C–C–N with tert-alkyl or cyclic N) is 1. The van der Waals surface area contributed by atoms with Crippen molar-refractivity contribution in [1.82, 2.24) is 40.3 Å². The molecule has 13 nitrogen and oxygen atoms in total. The van der Waals surface area contributed by atoms with Crippen molar-refractivity contribution in [2.45, 2.75) is 70.2 Å². The number of fused-ring (bicyclic) bond motifs is 1. The number of rotatable bonds is 13. The fourth-order valence-corrected chi connectivity index (χ4v) is 8.75. The molecule has 0 unspecified atom stereocenters. The Hall–Kier alpha value is -5.25. The van der Waals surface area contributed by atoms with Gasteiger partial charge in [0.05, 0.1) is 43.4 Å². The molecular weight excluding hydrogens is 764 g/mol. The fraction of sp³-hybridized carbons (Fsp3) is 0.435. The maximum atomic E-state index is 14.6. The number of carbonyl (C=O) groups is 2. The molecule has 0 bridgehead atoms. The van der Waals surface area contributed by atoms with Crippen LogP contribution in [0.25, 0.3) is 22.2 Å². The number of aromatic nitrogens is 3. The van der Waals surface area contributed by atoms with Crippen LogP contribution in [0.4, 0.5) is 4.39 Å². The molecular formula is C46H55FN8O5. The number of carbonyl (C=O) groups excluding carboxylic acids is 2. The molecule has 3 aromatic carbocycles. The molecule has 1 saturated carbocycles. The number of nitrogens with zero attached hydrogens (tertiary/aromatic N) is 5. The van der Waals surface area contributed by atoms with E-state index in [0.717, 1.165) is 87.7 Å². The summed E-state index contributed by atoms with van der Waals surface area (Å²) in [5.74, 6) is -0.771. The lowest BCUT2D eigenvalue weighted by Gasteiger charge is -2.34. The zero-order chi connectivity index (χ0) is 41.4. The first-order valence-electron chi connectivity index (χ1n) is 21.3. The zero-order valence-electron chi connectivity index (χ0n) is 34.2. The van der Waals surface area contributed by atoms with Gasteiger partial charge in [0.1, 0.15) is 22.6 Å². The fourth-order valence-electron chi connectivity index (χ4n) is 8.75. The van der Waals surface area contributed by atoms with Crippen LogP contribution >= 0.6 is 0 Å². The number of benzene rings is 3. The Morgan fingerprint density at radius 3 is 2.45 bits per heavy atom. The third-order valence-electron chi connectivity index (χ3n) is 12.1. The van der Waals surface area contributed by atoms with Gasteiger partial charge in [0, 0.05) is 57.4 Å². The molecule has 2 saturated heterocycles. The number of hydrogen-bond donors (Lipinski definition) is 4. The number of H-pyrrole nitrogens is 1. The van der Waals surface area contributed by atoms with Crippen LogP contribution in [0, 0.1) is 5.82 Å². The number of hydrogen-bond acceptors (Lipinski definition) is 10. The molecule has 1 atom stereocenters. The molecule has 2 aliphatic heterocycles. The van der Waals surface area contributed by atoms with Gasteiger partial charge < -0.3 is 30.2 Å². The first-order valence-corrected chi connectivity index (χ1v) is 21.3. The van der Waals surface area contributed by atoms with Crippen molar-refractivity contribution in [3.05, 3.63) is 107 Å². The van der Waals surface area contributed by atoms with Gasteiger partial charge in [-0.3, -0.25) is 24.3 Å².